The molecule has 1 aliphatic heterocycles. The van der Waals surface area contributed by atoms with E-state index in [1.54, 1.807) is 16.9 Å². The molecule has 6 rings (SSSR count). The van der Waals surface area contributed by atoms with Gasteiger partial charge >= 0.3 is 0 Å². The topological polar surface area (TPSA) is 135 Å². The van der Waals surface area contributed by atoms with Crippen molar-refractivity contribution in [3.05, 3.63) is 82.8 Å². The van der Waals surface area contributed by atoms with E-state index in [1.165, 1.54) is 11.0 Å². The Bertz CT molecular complexity index is 1670. The molecule has 4 aromatic heterocycles. The van der Waals surface area contributed by atoms with Crippen LogP contribution in [0.3, 0.4) is 0 Å². The second kappa shape index (κ2) is 8.47. The first-order valence-electron chi connectivity index (χ1n) is 11.3. The van der Waals surface area contributed by atoms with Gasteiger partial charge in [0, 0.05) is 30.6 Å². The monoisotopic (exact) mass is 482 g/mol. The molecule has 0 radical (unpaired) electrons. The Labute approximate surface area is 204 Å². The molecule has 5 aromatic rings. The van der Waals surface area contributed by atoms with Crippen LogP contribution in [0.1, 0.15) is 16.1 Å². The lowest BCUT2D eigenvalue weighted by Gasteiger charge is -2.19. The van der Waals surface area contributed by atoms with Crippen LogP contribution in [0.4, 0.5) is 11.6 Å². The summed E-state index contributed by atoms with van der Waals surface area (Å²) in [4.78, 5) is 39.4. The van der Waals surface area contributed by atoms with Crippen LogP contribution in [-0.4, -0.2) is 41.4 Å². The number of amides is 1. The molecule has 1 aromatic carbocycles. The van der Waals surface area contributed by atoms with E-state index in [0.717, 1.165) is 16.5 Å². The molecular formula is C25H22N8O3. The van der Waals surface area contributed by atoms with Gasteiger partial charge in [-0.2, -0.15) is 0 Å². The van der Waals surface area contributed by atoms with Crippen molar-refractivity contribution in [2.45, 2.75) is 13.2 Å². The summed E-state index contributed by atoms with van der Waals surface area (Å²) in [5.41, 5.74) is 9.30. The molecule has 11 heteroatoms. The van der Waals surface area contributed by atoms with Crippen molar-refractivity contribution in [1.29, 1.82) is 0 Å². The van der Waals surface area contributed by atoms with E-state index in [4.69, 9.17) is 10.5 Å². The number of para-hydroxylation sites is 1. The average molecular weight is 483 g/mol. The predicted octanol–water partition coefficient (Wildman–Crippen LogP) is 2.35. The van der Waals surface area contributed by atoms with Crippen LogP contribution in [-0.2, 0) is 24.9 Å². The molecule has 0 saturated heterocycles. The lowest BCUT2D eigenvalue weighted by Crippen LogP contribution is -2.26. The standard InChI is InChI=1S/C25H22N8O3/c1-31-12-17(20-22(26)28-14-29-23(20)31)15-7-8-19(27-11-15)30-24(34)21-18-13-36-10-9-32(18)33(25(21)35)16-5-3-2-4-6-16/h2-8,11-12,14H,9-10,13H2,1H3,(H2,26,28,29)(H,27,30,34). The Kier molecular flexibility index (Phi) is 5.11. The van der Waals surface area contributed by atoms with Crippen LogP contribution < -0.4 is 16.6 Å². The van der Waals surface area contributed by atoms with E-state index in [-0.39, 0.29) is 12.2 Å². The molecule has 0 unspecified atom stereocenters. The molecule has 36 heavy (non-hydrogen) atoms. The van der Waals surface area contributed by atoms with Gasteiger partial charge in [0.15, 0.2) is 0 Å². The maximum Gasteiger partial charge on any atom is 0.284 e. The smallest absolute Gasteiger partial charge is 0.284 e. The van der Waals surface area contributed by atoms with Crippen LogP contribution in [0.15, 0.2) is 66.0 Å². The number of hydrogen-bond donors (Lipinski definition) is 2. The van der Waals surface area contributed by atoms with Gasteiger partial charge in [0.05, 0.1) is 36.5 Å². The minimum atomic E-state index is -0.535. The number of anilines is 2. The van der Waals surface area contributed by atoms with Crippen molar-refractivity contribution in [2.75, 3.05) is 17.7 Å². The van der Waals surface area contributed by atoms with Crippen LogP contribution in [0.25, 0.3) is 27.8 Å². The fraction of sp³-hybridized carbons (Fsp3) is 0.160. The van der Waals surface area contributed by atoms with Gasteiger partial charge in [-0.05, 0) is 24.3 Å². The van der Waals surface area contributed by atoms with E-state index < -0.39 is 11.5 Å². The number of pyridine rings is 1. The second-order valence-electron chi connectivity index (χ2n) is 8.45. The van der Waals surface area contributed by atoms with Crippen molar-refractivity contribution < 1.29 is 9.53 Å². The van der Waals surface area contributed by atoms with Gasteiger partial charge in [0.1, 0.15) is 29.2 Å². The summed E-state index contributed by atoms with van der Waals surface area (Å²) in [5.74, 6) is 0.158. The third-order valence-electron chi connectivity index (χ3n) is 6.26. The zero-order valence-electron chi connectivity index (χ0n) is 19.4. The van der Waals surface area contributed by atoms with E-state index >= 15 is 0 Å². The Balaban J connectivity index is 1.33. The Morgan fingerprint density at radius 1 is 1.11 bits per heavy atom. The summed E-state index contributed by atoms with van der Waals surface area (Å²) in [6, 6.07) is 12.7. The number of fused-ring (bicyclic) bond motifs is 2. The van der Waals surface area contributed by atoms with Crippen molar-refractivity contribution >= 4 is 28.6 Å². The lowest BCUT2D eigenvalue weighted by atomic mass is 10.1. The minimum Gasteiger partial charge on any atom is -0.383 e. The molecule has 180 valence electrons. The maximum absolute atomic E-state index is 13.4. The highest BCUT2D eigenvalue weighted by Gasteiger charge is 2.28. The zero-order chi connectivity index (χ0) is 24.8. The van der Waals surface area contributed by atoms with E-state index in [9.17, 15) is 9.59 Å². The molecule has 3 N–H and O–H groups in total. The molecule has 5 heterocycles. The fourth-order valence-corrected chi connectivity index (χ4v) is 4.60. The van der Waals surface area contributed by atoms with E-state index in [0.29, 0.717) is 41.8 Å². The van der Waals surface area contributed by atoms with Crippen molar-refractivity contribution in [2.24, 2.45) is 7.05 Å². The summed E-state index contributed by atoms with van der Waals surface area (Å²) in [6.45, 7) is 1.11. The quantitative estimate of drug-likeness (QED) is 0.401. The number of nitrogens with one attached hydrogen (secondary N) is 1. The predicted molar refractivity (Wildman–Crippen MR) is 134 cm³/mol. The van der Waals surface area contributed by atoms with Crippen LogP contribution >= 0.6 is 0 Å². The molecule has 0 aliphatic carbocycles. The van der Waals surface area contributed by atoms with Gasteiger partial charge in [0.2, 0.25) is 0 Å². The van der Waals surface area contributed by atoms with Gasteiger partial charge in [-0.25, -0.2) is 19.6 Å². The van der Waals surface area contributed by atoms with Crippen LogP contribution in [0.5, 0.6) is 0 Å². The minimum absolute atomic E-state index is 0.0448. The highest BCUT2D eigenvalue weighted by molar-refractivity contribution is 6.05. The highest BCUT2D eigenvalue weighted by atomic mass is 16.5. The normalized spacial score (nSPS) is 13.0. The third kappa shape index (κ3) is 3.45. The Morgan fingerprint density at radius 2 is 1.94 bits per heavy atom. The molecular weight excluding hydrogens is 460 g/mol. The molecule has 0 fully saturated rings. The summed E-state index contributed by atoms with van der Waals surface area (Å²) in [7, 11) is 1.88. The third-order valence-corrected chi connectivity index (χ3v) is 6.26. The number of nitrogens with two attached hydrogens (primary N) is 1. The van der Waals surface area contributed by atoms with Crippen LogP contribution in [0.2, 0.25) is 0 Å². The number of rotatable bonds is 4. The Morgan fingerprint density at radius 3 is 2.72 bits per heavy atom. The van der Waals surface area contributed by atoms with Gasteiger partial charge in [-0.15, -0.1) is 0 Å². The number of nitrogens with zero attached hydrogens (tertiary/aromatic N) is 6. The molecule has 11 nitrogen and oxygen atoms in total. The van der Waals surface area contributed by atoms with Crippen molar-refractivity contribution in [1.82, 2.24) is 28.9 Å². The molecule has 0 bridgehead atoms. The largest absolute Gasteiger partial charge is 0.383 e. The first-order chi connectivity index (χ1) is 17.5. The highest BCUT2D eigenvalue weighted by Crippen LogP contribution is 2.32. The maximum atomic E-state index is 13.4. The van der Waals surface area contributed by atoms with E-state index in [1.807, 2.05) is 54.2 Å². The zero-order valence-corrected chi connectivity index (χ0v) is 19.4. The number of hydrogen-bond acceptors (Lipinski definition) is 7. The van der Waals surface area contributed by atoms with Crippen molar-refractivity contribution in [3.63, 3.8) is 0 Å². The lowest BCUT2D eigenvalue weighted by molar-refractivity contribution is 0.0756. The van der Waals surface area contributed by atoms with Gasteiger partial charge in [-0.3, -0.25) is 14.3 Å². The van der Waals surface area contributed by atoms with Gasteiger partial charge in [-0.1, -0.05) is 18.2 Å². The van der Waals surface area contributed by atoms with Gasteiger partial charge in [0.25, 0.3) is 11.5 Å². The Hall–Kier alpha value is -4.77. The first kappa shape index (κ1) is 21.7. The number of benzene rings is 1. The number of nitrogen functional groups attached to an aromatic ring is 1. The first-order valence-corrected chi connectivity index (χ1v) is 11.3. The molecule has 1 amide bonds. The fourth-order valence-electron chi connectivity index (χ4n) is 4.60. The van der Waals surface area contributed by atoms with Crippen LogP contribution in [0, 0.1) is 0 Å². The van der Waals surface area contributed by atoms with Crippen molar-refractivity contribution in [3.8, 4) is 16.8 Å². The van der Waals surface area contributed by atoms with Gasteiger partial charge < -0.3 is 20.4 Å². The molecule has 0 spiro atoms. The average Bonchev–Trinajstić information content (AvgIpc) is 3.39. The molecule has 0 atom stereocenters. The second-order valence-corrected chi connectivity index (χ2v) is 8.45. The SMILES string of the molecule is Cn1cc(-c2ccc(NC(=O)c3c4n(n(-c5ccccc5)c3=O)CCOC4)nc2)c2c(N)ncnc21. The van der Waals surface area contributed by atoms with E-state index in [2.05, 4.69) is 20.3 Å². The number of carbonyl (C=O) groups excluding carboxylic acids is 1. The summed E-state index contributed by atoms with van der Waals surface area (Å²) in [6.07, 6.45) is 4.97. The summed E-state index contributed by atoms with van der Waals surface area (Å²) < 4.78 is 10.8. The number of carbonyl (C=O) groups is 1. The number of ether oxygens (including phenoxy) is 1. The number of aryl methyl sites for hydroxylation is 1. The summed E-state index contributed by atoms with van der Waals surface area (Å²) >= 11 is 0. The summed E-state index contributed by atoms with van der Waals surface area (Å²) in [5, 5.41) is 3.50. The molecule has 1 aliphatic rings. The number of aromatic nitrogens is 6. The molecule has 0 saturated carbocycles.